The lowest BCUT2D eigenvalue weighted by Gasteiger charge is -2.09. The minimum Gasteiger partial charge on any atom is -0.423 e. The smallest absolute Gasteiger partial charge is 0.336 e. The Hall–Kier alpha value is -2.19. The molecule has 8 heteroatoms. The molecule has 0 amide bonds. The van der Waals surface area contributed by atoms with Crippen molar-refractivity contribution in [2.75, 3.05) is 0 Å². The fourth-order valence-electron chi connectivity index (χ4n) is 3.34. The van der Waals surface area contributed by atoms with Gasteiger partial charge in [-0.2, -0.15) is 0 Å². The zero-order chi connectivity index (χ0) is 20.8. The van der Waals surface area contributed by atoms with E-state index >= 15 is 0 Å². The lowest BCUT2D eigenvalue weighted by Crippen LogP contribution is -2.00. The number of rotatable bonds is 4. The zero-order valence-electron chi connectivity index (χ0n) is 16.1. The second kappa shape index (κ2) is 7.81. The van der Waals surface area contributed by atoms with Gasteiger partial charge in [-0.05, 0) is 48.6 Å². The topological polar surface area (TPSA) is 56.0 Å². The normalized spacial score (nSPS) is 11.6. The highest BCUT2D eigenvalue weighted by molar-refractivity contribution is 7.98. The van der Waals surface area contributed by atoms with Gasteiger partial charge >= 0.3 is 5.63 Å². The molecule has 5 aromatic rings. The first-order valence-corrected chi connectivity index (χ1v) is 12.3. The average molecular weight is 471 g/mol. The molecule has 4 aromatic heterocycles. The van der Waals surface area contributed by atoms with Crippen LogP contribution < -0.4 is 5.63 Å². The molecule has 150 valence electrons. The maximum Gasteiger partial charge on any atom is 0.336 e. The Morgan fingerprint density at radius 3 is 2.83 bits per heavy atom. The van der Waals surface area contributed by atoms with Crippen LogP contribution in [0, 0.1) is 13.8 Å². The number of nitrogens with zero attached hydrogens (tertiary/aromatic N) is 2. The van der Waals surface area contributed by atoms with Gasteiger partial charge in [0, 0.05) is 38.0 Å². The molecule has 0 saturated carbocycles. The van der Waals surface area contributed by atoms with Crippen molar-refractivity contribution >= 4 is 67.2 Å². The third-order valence-electron chi connectivity index (χ3n) is 4.77. The number of hydrogen-bond acceptors (Lipinski definition) is 7. The standard InChI is InChI=1S/C22H15ClN2O2S3/c1-11-6-17-14(8-16(11)23)13(7-19(26)27-17)9-29-21-20-15(18-4-3-5-28-18)10-30-22(20)25-12(2)24-21/h3-8,10H,9H2,1-2H3. The van der Waals surface area contributed by atoms with Gasteiger partial charge in [0.2, 0.25) is 0 Å². The van der Waals surface area contributed by atoms with Gasteiger partial charge in [-0.3, -0.25) is 0 Å². The van der Waals surface area contributed by atoms with E-state index < -0.39 is 0 Å². The Balaban J connectivity index is 1.60. The molecule has 0 aliphatic carbocycles. The molecule has 5 rings (SSSR count). The van der Waals surface area contributed by atoms with Gasteiger partial charge in [0.05, 0.1) is 5.39 Å². The lowest BCUT2D eigenvalue weighted by molar-refractivity contribution is 0.559. The summed E-state index contributed by atoms with van der Waals surface area (Å²) in [5.41, 5.74) is 3.11. The molecule has 0 N–H and O–H groups in total. The molecule has 0 unspecified atom stereocenters. The van der Waals surface area contributed by atoms with E-state index in [9.17, 15) is 4.79 Å². The van der Waals surface area contributed by atoms with Gasteiger partial charge in [0.25, 0.3) is 0 Å². The first-order chi connectivity index (χ1) is 14.5. The number of thiophene rings is 2. The molecule has 4 heterocycles. The summed E-state index contributed by atoms with van der Waals surface area (Å²) in [4.78, 5) is 23.6. The van der Waals surface area contributed by atoms with E-state index in [4.69, 9.17) is 21.0 Å². The molecule has 30 heavy (non-hydrogen) atoms. The first-order valence-electron chi connectivity index (χ1n) is 9.15. The molecule has 0 aliphatic heterocycles. The van der Waals surface area contributed by atoms with E-state index in [1.54, 1.807) is 40.5 Å². The molecule has 0 atom stereocenters. The van der Waals surface area contributed by atoms with Crippen molar-refractivity contribution in [1.29, 1.82) is 0 Å². The van der Waals surface area contributed by atoms with Crippen molar-refractivity contribution in [1.82, 2.24) is 9.97 Å². The van der Waals surface area contributed by atoms with Gasteiger partial charge in [-0.15, -0.1) is 34.4 Å². The monoisotopic (exact) mass is 470 g/mol. The summed E-state index contributed by atoms with van der Waals surface area (Å²) in [6.45, 7) is 3.80. The number of benzene rings is 1. The number of halogens is 1. The summed E-state index contributed by atoms with van der Waals surface area (Å²) in [7, 11) is 0. The number of fused-ring (bicyclic) bond motifs is 2. The number of aromatic nitrogens is 2. The van der Waals surface area contributed by atoms with E-state index in [1.165, 1.54) is 4.88 Å². The van der Waals surface area contributed by atoms with Crippen LogP contribution >= 0.6 is 46.0 Å². The van der Waals surface area contributed by atoms with Crippen LogP contribution in [0.5, 0.6) is 0 Å². The summed E-state index contributed by atoms with van der Waals surface area (Å²) in [5.74, 6) is 1.31. The summed E-state index contributed by atoms with van der Waals surface area (Å²) in [6, 6.07) is 9.38. The summed E-state index contributed by atoms with van der Waals surface area (Å²) in [5, 5.41) is 7.70. The molecule has 1 aromatic carbocycles. The van der Waals surface area contributed by atoms with Crippen molar-refractivity contribution < 1.29 is 4.42 Å². The molecule has 0 fully saturated rings. The second-order valence-electron chi connectivity index (χ2n) is 6.86. The molecule has 0 bridgehead atoms. The summed E-state index contributed by atoms with van der Waals surface area (Å²) >= 11 is 11.3. The van der Waals surface area contributed by atoms with Crippen LogP contribution in [0.4, 0.5) is 0 Å². The molecule has 0 radical (unpaired) electrons. The Morgan fingerprint density at radius 2 is 2.03 bits per heavy atom. The summed E-state index contributed by atoms with van der Waals surface area (Å²) < 4.78 is 5.39. The van der Waals surface area contributed by atoms with Crippen molar-refractivity contribution in [3.05, 3.63) is 73.5 Å². The van der Waals surface area contributed by atoms with Gasteiger partial charge in [0.1, 0.15) is 21.3 Å². The lowest BCUT2D eigenvalue weighted by atomic mass is 10.1. The van der Waals surface area contributed by atoms with Crippen molar-refractivity contribution in [3.63, 3.8) is 0 Å². The predicted molar refractivity (Wildman–Crippen MR) is 127 cm³/mol. The second-order valence-corrected chi connectivity index (χ2v) is 10.0. The fourth-order valence-corrected chi connectivity index (χ4v) is 6.46. The Labute approximate surface area is 189 Å². The molecular weight excluding hydrogens is 456 g/mol. The highest BCUT2D eigenvalue weighted by atomic mass is 35.5. The van der Waals surface area contributed by atoms with Crippen LogP contribution in [-0.4, -0.2) is 9.97 Å². The largest absolute Gasteiger partial charge is 0.423 e. The van der Waals surface area contributed by atoms with Crippen LogP contribution in [0.15, 0.2) is 55.3 Å². The Bertz CT molecular complexity index is 1460. The average Bonchev–Trinajstić information content (AvgIpc) is 3.36. The number of aryl methyl sites for hydroxylation is 2. The van der Waals surface area contributed by atoms with E-state index in [-0.39, 0.29) is 5.63 Å². The SMILES string of the molecule is Cc1nc(SCc2cc(=O)oc3cc(C)c(Cl)cc23)c2c(-c3cccs3)csc2n1. The van der Waals surface area contributed by atoms with Crippen LogP contribution in [0.1, 0.15) is 17.0 Å². The molecular formula is C22H15ClN2O2S3. The predicted octanol–water partition coefficient (Wildman–Crippen LogP) is 7.09. The van der Waals surface area contributed by atoms with Gasteiger partial charge in [0.15, 0.2) is 0 Å². The Kier molecular flexibility index (Phi) is 5.14. The van der Waals surface area contributed by atoms with Crippen molar-refractivity contribution in [2.45, 2.75) is 24.6 Å². The first kappa shape index (κ1) is 19.8. The van der Waals surface area contributed by atoms with E-state index in [1.807, 2.05) is 32.0 Å². The van der Waals surface area contributed by atoms with Crippen molar-refractivity contribution in [2.24, 2.45) is 0 Å². The quantitative estimate of drug-likeness (QED) is 0.159. The van der Waals surface area contributed by atoms with Gasteiger partial charge < -0.3 is 4.42 Å². The Morgan fingerprint density at radius 1 is 1.17 bits per heavy atom. The third kappa shape index (κ3) is 3.56. The highest BCUT2D eigenvalue weighted by Crippen LogP contribution is 2.41. The third-order valence-corrected chi connectivity index (χ3v) is 7.98. The van der Waals surface area contributed by atoms with Crippen molar-refractivity contribution in [3.8, 4) is 10.4 Å². The maximum absolute atomic E-state index is 12.1. The van der Waals surface area contributed by atoms with Crippen LogP contribution in [-0.2, 0) is 5.75 Å². The number of thioether (sulfide) groups is 1. The van der Waals surface area contributed by atoms with E-state index in [0.29, 0.717) is 16.4 Å². The van der Waals surface area contributed by atoms with Gasteiger partial charge in [-0.1, -0.05) is 17.7 Å². The molecule has 0 spiro atoms. The maximum atomic E-state index is 12.1. The minimum atomic E-state index is -0.362. The van der Waals surface area contributed by atoms with Crippen LogP contribution in [0.25, 0.3) is 31.6 Å². The summed E-state index contributed by atoms with van der Waals surface area (Å²) in [6.07, 6.45) is 0. The van der Waals surface area contributed by atoms with Crippen LogP contribution in [0.3, 0.4) is 0 Å². The van der Waals surface area contributed by atoms with Crippen LogP contribution in [0.2, 0.25) is 5.02 Å². The molecule has 0 aliphatic rings. The fraction of sp³-hybridized carbons (Fsp3) is 0.136. The number of hydrogen-bond donors (Lipinski definition) is 0. The zero-order valence-corrected chi connectivity index (χ0v) is 19.3. The highest BCUT2D eigenvalue weighted by Gasteiger charge is 2.17. The minimum absolute atomic E-state index is 0.362. The van der Waals surface area contributed by atoms with E-state index in [0.717, 1.165) is 43.1 Å². The van der Waals surface area contributed by atoms with Gasteiger partial charge in [-0.25, -0.2) is 14.8 Å². The molecule has 0 saturated heterocycles. The van der Waals surface area contributed by atoms with E-state index in [2.05, 4.69) is 21.8 Å². The molecule has 4 nitrogen and oxygen atoms in total.